The molecule has 4 heteroatoms. The molecule has 0 aliphatic heterocycles. The quantitative estimate of drug-likeness (QED) is 0.735. The van der Waals surface area contributed by atoms with E-state index in [-0.39, 0.29) is 16.4 Å². The molecule has 0 bridgehead atoms. The number of halogens is 2. The van der Waals surface area contributed by atoms with Gasteiger partial charge in [0.15, 0.2) is 5.78 Å². The number of hydrogen-bond acceptors (Lipinski definition) is 2. The van der Waals surface area contributed by atoms with Gasteiger partial charge in [-0.15, -0.1) is 0 Å². The Bertz CT molecular complexity index is 391. The standard InChI is InChI=1S/C12H14ClFO2/c1-3-4-5-11(15)8-6-12(16-2)9(13)7-10(8)14/h6-7H,3-5H2,1-2H3. The number of benzene rings is 1. The second-order valence-corrected chi connectivity index (χ2v) is 3.90. The molecular formula is C12H14ClFO2. The average Bonchev–Trinajstić information content (AvgIpc) is 2.26. The van der Waals surface area contributed by atoms with Crippen molar-refractivity contribution in [1.82, 2.24) is 0 Å². The third kappa shape index (κ3) is 2.95. The smallest absolute Gasteiger partial charge is 0.165 e. The molecule has 0 unspecified atom stereocenters. The first-order valence-electron chi connectivity index (χ1n) is 5.16. The van der Waals surface area contributed by atoms with E-state index < -0.39 is 5.82 Å². The highest BCUT2D eigenvalue weighted by atomic mass is 35.5. The molecule has 16 heavy (non-hydrogen) atoms. The highest BCUT2D eigenvalue weighted by Gasteiger charge is 2.15. The van der Waals surface area contributed by atoms with Crippen LogP contribution in [0.3, 0.4) is 0 Å². The number of carbonyl (C=O) groups excluding carboxylic acids is 1. The van der Waals surface area contributed by atoms with Crippen molar-refractivity contribution in [2.45, 2.75) is 26.2 Å². The molecule has 0 aliphatic rings. The first-order valence-corrected chi connectivity index (χ1v) is 5.54. The van der Waals surface area contributed by atoms with E-state index >= 15 is 0 Å². The van der Waals surface area contributed by atoms with Crippen LogP contribution in [0.2, 0.25) is 5.02 Å². The SMILES string of the molecule is CCCCC(=O)c1cc(OC)c(Cl)cc1F. The van der Waals surface area contributed by atoms with Crippen LogP contribution in [0.4, 0.5) is 4.39 Å². The zero-order chi connectivity index (χ0) is 12.1. The Morgan fingerprint density at radius 2 is 2.19 bits per heavy atom. The third-order valence-corrected chi connectivity index (χ3v) is 2.59. The minimum Gasteiger partial charge on any atom is -0.495 e. The first-order chi connectivity index (χ1) is 7.60. The summed E-state index contributed by atoms with van der Waals surface area (Å²) in [7, 11) is 1.43. The second kappa shape index (κ2) is 5.85. The van der Waals surface area contributed by atoms with Crippen molar-refractivity contribution in [2.24, 2.45) is 0 Å². The predicted octanol–water partition coefficient (Wildman–Crippen LogP) is 3.86. The number of unbranched alkanes of at least 4 members (excludes halogenated alkanes) is 1. The monoisotopic (exact) mass is 244 g/mol. The van der Waals surface area contributed by atoms with Gasteiger partial charge in [0.05, 0.1) is 17.7 Å². The molecule has 0 saturated carbocycles. The summed E-state index contributed by atoms with van der Waals surface area (Å²) in [5.41, 5.74) is 0.0506. The van der Waals surface area contributed by atoms with Gasteiger partial charge in [-0.1, -0.05) is 24.9 Å². The van der Waals surface area contributed by atoms with Crippen LogP contribution in [-0.2, 0) is 0 Å². The van der Waals surface area contributed by atoms with E-state index in [9.17, 15) is 9.18 Å². The van der Waals surface area contributed by atoms with Gasteiger partial charge >= 0.3 is 0 Å². The lowest BCUT2D eigenvalue weighted by Gasteiger charge is -2.07. The second-order valence-electron chi connectivity index (χ2n) is 3.49. The van der Waals surface area contributed by atoms with Gasteiger partial charge in [0, 0.05) is 6.42 Å². The van der Waals surface area contributed by atoms with Crippen molar-refractivity contribution in [1.29, 1.82) is 0 Å². The summed E-state index contributed by atoms with van der Waals surface area (Å²) in [4.78, 5) is 11.7. The summed E-state index contributed by atoms with van der Waals surface area (Å²) in [6.07, 6.45) is 2.00. The highest BCUT2D eigenvalue weighted by molar-refractivity contribution is 6.32. The number of ketones is 1. The van der Waals surface area contributed by atoms with E-state index in [1.807, 2.05) is 6.92 Å². The average molecular weight is 245 g/mol. The Labute approximate surface area is 99.4 Å². The summed E-state index contributed by atoms with van der Waals surface area (Å²) in [6, 6.07) is 2.47. The molecule has 0 spiro atoms. The number of rotatable bonds is 5. The van der Waals surface area contributed by atoms with Gasteiger partial charge < -0.3 is 4.74 Å². The van der Waals surface area contributed by atoms with Gasteiger partial charge in [-0.2, -0.15) is 0 Å². The third-order valence-electron chi connectivity index (χ3n) is 2.30. The Morgan fingerprint density at radius 1 is 1.50 bits per heavy atom. The number of Topliss-reactive ketones (excluding diaryl/α,β-unsaturated/α-hetero) is 1. The van der Waals surface area contributed by atoms with Gasteiger partial charge in [0.2, 0.25) is 0 Å². The molecule has 88 valence electrons. The fourth-order valence-corrected chi connectivity index (χ4v) is 1.60. The van der Waals surface area contributed by atoms with Crippen LogP contribution in [0.25, 0.3) is 0 Å². The molecule has 1 rings (SSSR count). The lowest BCUT2D eigenvalue weighted by Crippen LogP contribution is -2.03. The molecule has 0 amide bonds. The molecule has 0 aromatic heterocycles. The molecule has 2 nitrogen and oxygen atoms in total. The summed E-state index contributed by atoms with van der Waals surface area (Å²) in [5, 5.41) is 0.173. The van der Waals surface area contributed by atoms with Crippen LogP contribution in [-0.4, -0.2) is 12.9 Å². The van der Waals surface area contributed by atoms with Crippen molar-refractivity contribution in [3.63, 3.8) is 0 Å². The van der Waals surface area contributed by atoms with Crippen molar-refractivity contribution in [2.75, 3.05) is 7.11 Å². The van der Waals surface area contributed by atoms with Crippen LogP contribution in [0.5, 0.6) is 5.75 Å². The molecule has 1 aromatic carbocycles. The molecule has 0 aliphatic carbocycles. The summed E-state index contributed by atoms with van der Waals surface area (Å²) < 4.78 is 18.4. The minimum atomic E-state index is -0.591. The van der Waals surface area contributed by atoms with Crippen LogP contribution in [0, 0.1) is 5.82 Å². The van der Waals surface area contributed by atoms with E-state index in [4.69, 9.17) is 16.3 Å². The molecule has 1 aromatic rings. The number of methoxy groups -OCH3 is 1. The molecule has 0 saturated heterocycles. The Kier molecular flexibility index (Phi) is 4.74. The lowest BCUT2D eigenvalue weighted by molar-refractivity contribution is 0.0975. The normalized spacial score (nSPS) is 10.2. The van der Waals surface area contributed by atoms with Crippen LogP contribution < -0.4 is 4.74 Å². The van der Waals surface area contributed by atoms with E-state index in [0.29, 0.717) is 12.2 Å². The predicted molar refractivity (Wildman–Crippen MR) is 61.8 cm³/mol. The van der Waals surface area contributed by atoms with Gasteiger partial charge in [-0.05, 0) is 18.6 Å². The summed E-state index contributed by atoms with van der Waals surface area (Å²) >= 11 is 5.73. The maximum atomic E-state index is 13.5. The fraction of sp³-hybridized carbons (Fsp3) is 0.417. The Hall–Kier alpha value is -1.09. The molecule has 0 heterocycles. The molecule has 0 fully saturated rings. The first kappa shape index (κ1) is 13.0. The van der Waals surface area contributed by atoms with E-state index in [1.165, 1.54) is 13.2 Å². The van der Waals surface area contributed by atoms with Crippen molar-refractivity contribution in [3.05, 3.63) is 28.5 Å². The molecule has 0 N–H and O–H groups in total. The summed E-state index contributed by atoms with van der Waals surface area (Å²) in [6.45, 7) is 1.98. The zero-order valence-electron chi connectivity index (χ0n) is 9.35. The largest absolute Gasteiger partial charge is 0.495 e. The number of carbonyl (C=O) groups is 1. The lowest BCUT2D eigenvalue weighted by atomic mass is 10.0. The maximum absolute atomic E-state index is 13.5. The van der Waals surface area contributed by atoms with E-state index in [1.54, 1.807) is 0 Å². The Morgan fingerprint density at radius 3 is 2.75 bits per heavy atom. The molecule has 0 atom stereocenters. The molecular weight excluding hydrogens is 231 g/mol. The van der Waals surface area contributed by atoms with E-state index in [2.05, 4.69) is 0 Å². The zero-order valence-corrected chi connectivity index (χ0v) is 10.1. The summed E-state index contributed by atoms with van der Waals surface area (Å²) in [5.74, 6) is -0.482. The molecule has 0 radical (unpaired) electrons. The maximum Gasteiger partial charge on any atom is 0.165 e. The van der Waals surface area contributed by atoms with Gasteiger partial charge in [0.1, 0.15) is 11.6 Å². The fourth-order valence-electron chi connectivity index (χ4n) is 1.37. The van der Waals surface area contributed by atoms with Crippen molar-refractivity contribution in [3.8, 4) is 5.75 Å². The highest BCUT2D eigenvalue weighted by Crippen LogP contribution is 2.28. The number of hydrogen-bond donors (Lipinski definition) is 0. The van der Waals surface area contributed by atoms with Crippen molar-refractivity contribution >= 4 is 17.4 Å². The van der Waals surface area contributed by atoms with Crippen LogP contribution >= 0.6 is 11.6 Å². The van der Waals surface area contributed by atoms with Gasteiger partial charge in [-0.25, -0.2) is 4.39 Å². The van der Waals surface area contributed by atoms with Gasteiger partial charge in [0.25, 0.3) is 0 Å². The minimum absolute atomic E-state index is 0.0506. The van der Waals surface area contributed by atoms with Crippen LogP contribution in [0.15, 0.2) is 12.1 Å². The number of ether oxygens (including phenoxy) is 1. The van der Waals surface area contributed by atoms with Crippen molar-refractivity contribution < 1.29 is 13.9 Å². The van der Waals surface area contributed by atoms with E-state index in [0.717, 1.165) is 18.9 Å². The topological polar surface area (TPSA) is 26.3 Å². The van der Waals surface area contributed by atoms with Crippen LogP contribution in [0.1, 0.15) is 36.5 Å². The Balaban J connectivity index is 2.99. The van der Waals surface area contributed by atoms with Gasteiger partial charge in [-0.3, -0.25) is 4.79 Å².